The summed E-state index contributed by atoms with van der Waals surface area (Å²) in [6, 6.07) is 16.2. The molecular formula is C21H21FN6O2. The minimum atomic E-state index is -0.452. The number of aromatic nitrogens is 2. The second kappa shape index (κ2) is 8.73. The lowest BCUT2D eigenvalue weighted by Gasteiger charge is -2.36. The quantitative estimate of drug-likeness (QED) is 0.494. The van der Waals surface area contributed by atoms with Gasteiger partial charge >= 0.3 is 5.69 Å². The van der Waals surface area contributed by atoms with Crippen LogP contribution in [0.4, 0.5) is 27.4 Å². The van der Waals surface area contributed by atoms with E-state index in [-0.39, 0.29) is 23.1 Å². The summed E-state index contributed by atoms with van der Waals surface area (Å²) in [5.74, 6) is 0.190. The molecule has 0 unspecified atom stereocenters. The molecule has 0 bridgehead atoms. The maximum atomic E-state index is 14.1. The van der Waals surface area contributed by atoms with Crippen LogP contribution in [0.25, 0.3) is 0 Å². The van der Waals surface area contributed by atoms with Gasteiger partial charge in [-0.1, -0.05) is 42.5 Å². The third kappa shape index (κ3) is 4.14. The highest BCUT2D eigenvalue weighted by molar-refractivity contribution is 5.70. The van der Waals surface area contributed by atoms with Crippen LogP contribution in [0, 0.1) is 15.9 Å². The van der Waals surface area contributed by atoms with Crippen molar-refractivity contribution in [1.82, 2.24) is 9.97 Å². The summed E-state index contributed by atoms with van der Waals surface area (Å²) >= 11 is 0. The fraction of sp³-hybridized carbons (Fsp3) is 0.238. The molecule has 1 N–H and O–H groups in total. The van der Waals surface area contributed by atoms with Crippen LogP contribution < -0.4 is 15.1 Å². The first-order valence-electron chi connectivity index (χ1n) is 9.65. The molecule has 2 aromatic carbocycles. The maximum Gasteiger partial charge on any atom is 0.353 e. The molecule has 1 aromatic heterocycles. The Morgan fingerprint density at radius 3 is 2.33 bits per heavy atom. The van der Waals surface area contributed by atoms with E-state index in [1.54, 1.807) is 18.2 Å². The molecule has 0 spiro atoms. The smallest absolute Gasteiger partial charge is 0.353 e. The van der Waals surface area contributed by atoms with Crippen molar-refractivity contribution in [3.8, 4) is 0 Å². The average molecular weight is 408 g/mol. The van der Waals surface area contributed by atoms with Crippen molar-refractivity contribution in [2.45, 2.75) is 6.54 Å². The molecule has 0 atom stereocenters. The standard InChI is InChI=1S/C21H21FN6O2/c22-17-8-4-5-9-18(17)26-10-12-27(13-11-26)21-19(28(29)30)20(24-15-25-21)23-14-16-6-2-1-3-7-16/h1-9,15H,10-14H2,(H,23,24,25). The van der Waals surface area contributed by atoms with Crippen molar-refractivity contribution < 1.29 is 9.31 Å². The molecule has 9 heteroatoms. The van der Waals surface area contributed by atoms with Crippen LogP contribution in [0.15, 0.2) is 60.9 Å². The molecule has 1 saturated heterocycles. The Hall–Kier alpha value is -3.75. The SMILES string of the molecule is O=[N+]([O-])c1c(NCc2ccccc2)ncnc1N1CCN(c2ccccc2F)CC1. The highest BCUT2D eigenvalue weighted by atomic mass is 19.1. The minimum Gasteiger partial charge on any atom is -0.366 e. The summed E-state index contributed by atoms with van der Waals surface area (Å²) in [6.07, 6.45) is 1.33. The molecule has 30 heavy (non-hydrogen) atoms. The molecule has 0 radical (unpaired) electrons. The molecule has 8 nitrogen and oxygen atoms in total. The second-order valence-electron chi connectivity index (χ2n) is 6.92. The zero-order valence-corrected chi connectivity index (χ0v) is 16.2. The summed E-state index contributed by atoms with van der Waals surface area (Å²) in [5, 5.41) is 14.9. The first kappa shape index (κ1) is 19.6. The first-order chi connectivity index (χ1) is 14.6. The minimum absolute atomic E-state index is 0.146. The second-order valence-corrected chi connectivity index (χ2v) is 6.92. The number of nitro groups is 1. The van der Waals surface area contributed by atoms with Gasteiger partial charge < -0.3 is 15.1 Å². The van der Waals surface area contributed by atoms with E-state index >= 15 is 0 Å². The lowest BCUT2D eigenvalue weighted by molar-refractivity contribution is -0.383. The monoisotopic (exact) mass is 408 g/mol. The molecular weight excluding hydrogens is 387 g/mol. The summed E-state index contributed by atoms with van der Waals surface area (Å²) < 4.78 is 14.1. The lowest BCUT2D eigenvalue weighted by atomic mass is 10.2. The van der Waals surface area contributed by atoms with Crippen LogP contribution in [0.3, 0.4) is 0 Å². The van der Waals surface area contributed by atoms with E-state index in [0.717, 1.165) is 5.56 Å². The summed E-state index contributed by atoms with van der Waals surface area (Å²) in [4.78, 5) is 23.5. The molecule has 1 fully saturated rings. The predicted molar refractivity (Wildman–Crippen MR) is 113 cm³/mol. The van der Waals surface area contributed by atoms with Gasteiger partial charge in [-0.2, -0.15) is 0 Å². The number of piperazine rings is 1. The van der Waals surface area contributed by atoms with Gasteiger partial charge in [0.2, 0.25) is 11.6 Å². The van der Waals surface area contributed by atoms with Crippen molar-refractivity contribution in [2.24, 2.45) is 0 Å². The number of rotatable bonds is 6. The summed E-state index contributed by atoms with van der Waals surface area (Å²) in [7, 11) is 0. The van der Waals surface area contributed by atoms with Gasteiger partial charge in [-0.25, -0.2) is 14.4 Å². The Bertz CT molecular complexity index is 1030. The zero-order valence-electron chi connectivity index (χ0n) is 16.2. The van der Waals surface area contributed by atoms with Gasteiger partial charge in [-0.3, -0.25) is 10.1 Å². The normalized spacial score (nSPS) is 13.9. The summed E-state index contributed by atoms with van der Waals surface area (Å²) in [6.45, 7) is 2.47. The fourth-order valence-corrected chi connectivity index (χ4v) is 3.55. The van der Waals surface area contributed by atoms with Crippen LogP contribution >= 0.6 is 0 Å². The Labute approximate surface area is 173 Å². The molecule has 1 aliphatic heterocycles. The number of nitrogens with one attached hydrogen (secondary N) is 1. The molecule has 3 aromatic rings. The molecule has 0 amide bonds. The number of hydrogen-bond acceptors (Lipinski definition) is 7. The highest BCUT2D eigenvalue weighted by Crippen LogP contribution is 2.33. The van der Waals surface area contributed by atoms with Gasteiger partial charge in [0.15, 0.2) is 0 Å². The van der Waals surface area contributed by atoms with Crippen molar-refractivity contribution in [2.75, 3.05) is 41.3 Å². The number of para-hydroxylation sites is 1. The zero-order chi connectivity index (χ0) is 20.9. The molecule has 0 saturated carbocycles. The van der Waals surface area contributed by atoms with Crippen molar-refractivity contribution in [3.63, 3.8) is 0 Å². The number of halogens is 1. The van der Waals surface area contributed by atoms with Crippen LogP contribution in [0.1, 0.15) is 5.56 Å². The molecule has 0 aliphatic carbocycles. The van der Waals surface area contributed by atoms with Crippen molar-refractivity contribution >= 4 is 23.0 Å². The molecule has 2 heterocycles. The van der Waals surface area contributed by atoms with Crippen molar-refractivity contribution in [3.05, 3.63) is 82.4 Å². The summed E-state index contributed by atoms with van der Waals surface area (Å²) in [5.41, 5.74) is 1.39. The van der Waals surface area contributed by atoms with E-state index in [4.69, 9.17) is 0 Å². The van der Waals surface area contributed by atoms with E-state index in [2.05, 4.69) is 15.3 Å². The van der Waals surface area contributed by atoms with Gasteiger partial charge in [0, 0.05) is 32.7 Å². The van der Waals surface area contributed by atoms with Crippen LogP contribution in [-0.2, 0) is 6.54 Å². The Morgan fingerprint density at radius 1 is 0.967 bits per heavy atom. The van der Waals surface area contributed by atoms with Crippen LogP contribution in [0.2, 0.25) is 0 Å². The van der Waals surface area contributed by atoms with Gasteiger partial charge in [0.05, 0.1) is 10.6 Å². The van der Waals surface area contributed by atoms with E-state index in [0.29, 0.717) is 38.4 Å². The predicted octanol–water partition coefficient (Wildman–Crippen LogP) is 3.46. The van der Waals surface area contributed by atoms with Crippen LogP contribution in [-0.4, -0.2) is 41.1 Å². The Balaban J connectivity index is 1.51. The van der Waals surface area contributed by atoms with Crippen molar-refractivity contribution in [1.29, 1.82) is 0 Å². The molecule has 4 rings (SSSR count). The highest BCUT2D eigenvalue weighted by Gasteiger charge is 2.29. The third-order valence-corrected chi connectivity index (χ3v) is 5.06. The average Bonchev–Trinajstić information content (AvgIpc) is 2.78. The van der Waals surface area contributed by atoms with Gasteiger partial charge in [0.1, 0.15) is 12.1 Å². The van der Waals surface area contributed by atoms with E-state index in [9.17, 15) is 14.5 Å². The topological polar surface area (TPSA) is 87.4 Å². The van der Waals surface area contributed by atoms with E-state index in [1.807, 2.05) is 40.1 Å². The van der Waals surface area contributed by atoms with E-state index < -0.39 is 4.92 Å². The molecule has 154 valence electrons. The number of hydrogen-bond donors (Lipinski definition) is 1. The number of nitrogens with zero attached hydrogens (tertiary/aromatic N) is 5. The lowest BCUT2D eigenvalue weighted by Crippen LogP contribution is -2.47. The Morgan fingerprint density at radius 2 is 1.63 bits per heavy atom. The Kier molecular flexibility index (Phi) is 5.69. The number of benzene rings is 2. The largest absolute Gasteiger partial charge is 0.366 e. The van der Waals surface area contributed by atoms with E-state index in [1.165, 1.54) is 12.4 Å². The van der Waals surface area contributed by atoms with Gasteiger partial charge in [-0.05, 0) is 17.7 Å². The van der Waals surface area contributed by atoms with Gasteiger partial charge in [-0.15, -0.1) is 0 Å². The van der Waals surface area contributed by atoms with Crippen LogP contribution in [0.5, 0.6) is 0 Å². The first-order valence-corrected chi connectivity index (χ1v) is 9.65. The fourth-order valence-electron chi connectivity index (χ4n) is 3.55. The van der Waals surface area contributed by atoms with Gasteiger partial charge in [0.25, 0.3) is 0 Å². The number of anilines is 3. The maximum absolute atomic E-state index is 14.1. The third-order valence-electron chi connectivity index (χ3n) is 5.06. The molecule has 1 aliphatic rings.